The van der Waals surface area contributed by atoms with E-state index in [0.29, 0.717) is 28.3 Å². The minimum absolute atomic E-state index is 0.0155. The lowest BCUT2D eigenvalue weighted by Gasteiger charge is -2.14. The molecule has 0 aliphatic carbocycles. The van der Waals surface area contributed by atoms with E-state index in [4.69, 9.17) is 44.6 Å². The molecule has 2 N–H and O–H groups in total. The average molecular weight is 417 g/mol. The van der Waals surface area contributed by atoms with E-state index in [-0.39, 0.29) is 34.7 Å². The Morgan fingerprint density at radius 2 is 1.81 bits per heavy atom. The van der Waals surface area contributed by atoms with Crippen LogP contribution in [0.2, 0.25) is 15.1 Å². The molecule has 0 atom stereocenters. The molecule has 0 saturated carbocycles. The monoisotopic (exact) mass is 415 g/mol. The van der Waals surface area contributed by atoms with Crippen LogP contribution in [0.1, 0.15) is 24.5 Å². The molecule has 26 heavy (non-hydrogen) atoms. The van der Waals surface area contributed by atoms with Crippen molar-refractivity contribution in [3.63, 3.8) is 0 Å². The van der Waals surface area contributed by atoms with Crippen LogP contribution in [0.25, 0.3) is 0 Å². The quantitative estimate of drug-likeness (QED) is 0.650. The second-order valence-electron chi connectivity index (χ2n) is 5.53. The zero-order chi connectivity index (χ0) is 19.3. The second kappa shape index (κ2) is 9.12. The Morgan fingerprint density at radius 1 is 1.15 bits per heavy atom. The van der Waals surface area contributed by atoms with E-state index in [1.807, 2.05) is 0 Å². The summed E-state index contributed by atoms with van der Waals surface area (Å²) in [5.74, 6) is -0.840. The number of carboxylic acid groups (broad SMARTS) is 1. The van der Waals surface area contributed by atoms with Gasteiger partial charge in [0.05, 0.1) is 20.8 Å². The van der Waals surface area contributed by atoms with E-state index in [1.54, 1.807) is 30.3 Å². The van der Waals surface area contributed by atoms with Gasteiger partial charge in [-0.2, -0.15) is 0 Å². The zero-order valence-electron chi connectivity index (χ0n) is 13.8. The molecule has 0 radical (unpaired) electrons. The van der Waals surface area contributed by atoms with Crippen molar-refractivity contribution in [1.29, 1.82) is 0 Å². The van der Waals surface area contributed by atoms with Crippen LogP contribution in [-0.4, -0.2) is 17.0 Å². The summed E-state index contributed by atoms with van der Waals surface area (Å²) < 4.78 is 5.70. The Kier molecular flexibility index (Phi) is 7.14. The van der Waals surface area contributed by atoms with Crippen LogP contribution >= 0.6 is 34.8 Å². The van der Waals surface area contributed by atoms with Crippen LogP contribution in [0, 0.1) is 0 Å². The van der Waals surface area contributed by atoms with Crippen molar-refractivity contribution in [2.24, 2.45) is 0 Å². The van der Waals surface area contributed by atoms with Gasteiger partial charge in [-0.15, -0.1) is 0 Å². The van der Waals surface area contributed by atoms with Crippen LogP contribution < -0.4 is 10.1 Å². The molecule has 0 spiro atoms. The molecule has 0 fully saturated rings. The number of ether oxygens (including phenoxy) is 1. The number of benzene rings is 2. The molecule has 1 amide bonds. The van der Waals surface area contributed by atoms with Crippen LogP contribution in [0.15, 0.2) is 30.3 Å². The van der Waals surface area contributed by atoms with Crippen molar-refractivity contribution in [2.45, 2.75) is 26.4 Å². The van der Waals surface area contributed by atoms with E-state index in [0.717, 1.165) is 0 Å². The molecule has 8 heteroatoms. The van der Waals surface area contributed by atoms with Gasteiger partial charge in [0, 0.05) is 18.9 Å². The lowest BCUT2D eigenvalue weighted by molar-refractivity contribution is -0.137. The van der Waals surface area contributed by atoms with Crippen molar-refractivity contribution in [3.05, 3.63) is 56.5 Å². The minimum Gasteiger partial charge on any atom is -0.486 e. The predicted octanol–water partition coefficient (Wildman–Crippen LogP) is 5.20. The summed E-state index contributed by atoms with van der Waals surface area (Å²) in [7, 11) is 0. The van der Waals surface area contributed by atoms with Crippen LogP contribution in [-0.2, 0) is 22.6 Å². The summed E-state index contributed by atoms with van der Waals surface area (Å²) in [5.41, 5.74) is 1.85. The largest absolute Gasteiger partial charge is 0.486 e. The molecule has 138 valence electrons. The van der Waals surface area contributed by atoms with Gasteiger partial charge in [0.1, 0.15) is 6.61 Å². The number of hydrogen-bond acceptors (Lipinski definition) is 3. The third-order valence-corrected chi connectivity index (χ3v) is 4.45. The molecular formula is C18H16Cl3NO4. The maximum absolute atomic E-state index is 11.2. The van der Waals surface area contributed by atoms with Crippen LogP contribution in [0.3, 0.4) is 0 Å². The Balaban J connectivity index is 2.15. The summed E-state index contributed by atoms with van der Waals surface area (Å²) in [5, 5.41) is 12.3. The molecular weight excluding hydrogens is 401 g/mol. The first kappa shape index (κ1) is 20.4. The number of hydrogen-bond donors (Lipinski definition) is 2. The van der Waals surface area contributed by atoms with Gasteiger partial charge in [-0.3, -0.25) is 9.59 Å². The number of nitrogens with one attached hydrogen (secondary N) is 1. The van der Waals surface area contributed by atoms with Gasteiger partial charge >= 0.3 is 5.97 Å². The second-order valence-corrected chi connectivity index (χ2v) is 6.72. The first-order chi connectivity index (χ1) is 12.3. The van der Waals surface area contributed by atoms with Gasteiger partial charge in [-0.05, 0) is 30.2 Å². The van der Waals surface area contributed by atoms with Gasteiger partial charge in [0.2, 0.25) is 5.91 Å². The fourth-order valence-electron chi connectivity index (χ4n) is 2.27. The molecule has 0 aliphatic heterocycles. The van der Waals surface area contributed by atoms with Crippen LogP contribution in [0.4, 0.5) is 5.69 Å². The summed E-state index contributed by atoms with van der Waals surface area (Å²) in [6.45, 7) is 1.49. The van der Waals surface area contributed by atoms with Gasteiger partial charge in [0.15, 0.2) is 5.75 Å². The van der Waals surface area contributed by atoms with Crippen LogP contribution in [0.5, 0.6) is 5.75 Å². The van der Waals surface area contributed by atoms with Crippen molar-refractivity contribution in [1.82, 2.24) is 0 Å². The Labute approximate surface area is 165 Å². The number of amides is 1. The third-order valence-electron chi connectivity index (χ3n) is 3.45. The fourth-order valence-corrected chi connectivity index (χ4v) is 3.14. The Hall–Kier alpha value is -1.95. The van der Waals surface area contributed by atoms with Gasteiger partial charge in [0.25, 0.3) is 0 Å². The third kappa shape index (κ3) is 5.53. The van der Waals surface area contributed by atoms with E-state index in [2.05, 4.69) is 5.32 Å². The first-order valence-corrected chi connectivity index (χ1v) is 8.78. The molecule has 0 aliphatic rings. The SMILES string of the molecule is CC(=O)Nc1cccc(COc2c(Cl)cc(CCC(=O)O)cc2Cl)c1Cl. The van der Waals surface area contributed by atoms with Gasteiger partial charge < -0.3 is 15.2 Å². The molecule has 0 heterocycles. The number of rotatable bonds is 7. The standard InChI is InChI=1S/C18H16Cl3NO4/c1-10(23)22-15-4-2-3-12(17(15)21)9-26-18-13(19)7-11(8-14(18)20)5-6-16(24)25/h2-4,7-8H,5-6,9H2,1H3,(H,22,23)(H,24,25). The normalized spacial score (nSPS) is 10.5. The molecule has 5 nitrogen and oxygen atoms in total. The number of carbonyl (C=O) groups excluding carboxylic acids is 1. The number of anilines is 1. The fraction of sp³-hybridized carbons (Fsp3) is 0.222. The average Bonchev–Trinajstić information content (AvgIpc) is 2.55. The Morgan fingerprint density at radius 3 is 2.38 bits per heavy atom. The minimum atomic E-state index is -0.897. The summed E-state index contributed by atoms with van der Waals surface area (Å²) in [6.07, 6.45) is 0.304. The van der Waals surface area contributed by atoms with Crippen molar-refractivity contribution >= 4 is 52.4 Å². The summed E-state index contributed by atoms with van der Waals surface area (Å²) >= 11 is 18.7. The van der Waals surface area contributed by atoms with Crippen molar-refractivity contribution < 1.29 is 19.4 Å². The lowest BCUT2D eigenvalue weighted by Crippen LogP contribution is -2.07. The first-order valence-electron chi connectivity index (χ1n) is 7.65. The van der Waals surface area contributed by atoms with E-state index in [9.17, 15) is 9.59 Å². The summed E-state index contributed by atoms with van der Waals surface area (Å²) in [6, 6.07) is 8.44. The number of aliphatic carboxylic acids is 1. The van der Waals surface area contributed by atoms with Gasteiger partial charge in [-0.1, -0.05) is 46.9 Å². The van der Waals surface area contributed by atoms with E-state index >= 15 is 0 Å². The molecule has 0 bridgehead atoms. The number of carbonyl (C=O) groups is 2. The molecule has 0 unspecified atom stereocenters. The number of halogens is 3. The number of aryl methyl sites for hydroxylation is 1. The highest BCUT2D eigenvalue weighted by Gasteiger charge is 2.13. The maximum Gasteiger partial charge on any atom is 0.303 e. The highest BCUT2D eigenvalue weighted by atomic mass is 35.5. The molecule has 2 aromatic carbocycles. The summed E-state index contributed by atoms with van der Waals surface area (Å²) in [4.78, 5) is 21.9. The highest BCUT2D eigenvalue weighted by molar-refractivity contribution is 6.37. The maximum atomic E-state index is 11.2. The molecule has 2 aromatic rings. The lowest BCUT2D eigenvalue weighted by atomic mass is 10.1. The molecule has 0 saturated heterocycles. The van der Waals surface area contributed by atoms with Crippen molar-refractivity contribution in [3.8, 4) is 5.75 Å². The smallest absolute Gasteiger partial charge is 0.303 e. The van der Waals surface area contributed by atoms with E-state index in [1.165, 1.54) is 6.92 Å². The number of carboxylic acids is 1. The molecule has 2 rings (SSSR count). The highest BCUT2D eigenvalue weighted by Crippen LogP contribution is 2.36. The topological polar surface area (TPSA) is 75.6 Å². The van der Waals surface area contributed by atoms with Gasteiger partial charge in [-0.25, -0.2) is 0 Å². The molecule has 0 aromatic heterocycles. The van der Waals surface area contributed by atoms with E-state index < -0.39 is 5.97 Å². The zero-order valence-corrected chi connectivity index (χ0v) is 16.1. The van der Waals surface area contributed by atoms with Crippen molar-refractivity contribution in [2.75, 3.05) is 5.32 Å². The Bertz CT molecular complexity index is 816. The predicted molar refractivity (Wildman–Crippen MR) is 103 cm³/mol.